The van der Waals surface area contributed by atoms with E-state index in [4.69, 9.17) is 9.47 Å². The van der Waals surface area contributed by atoms with E-state index in [9.17, 15) is 4.79 Å². The maximum atomic E-state index is 12.1. The van der Waals surface area contributed by atoms with Crippen LogP contribution in [0.3, 0.4) is 0 Å². The fourth-order valence-corrected chi connectivity index (χ4v) is 1.92. The zero-order valence-electron chi connectivity index (χ0n) is 12.4. The molecule has 21 heavy (non-hydrogen) atoms. The average molecular weight is 289 g/mol. The molecule has 1 aromatic carbocycles. The third-order valence-corrected chi connectivity index (χ3v) is 2.85. The second-order valence-electron chi connectivity index (χ2n) is 4.32. The van der Waals surface area contributed by atoms with Crippen molar-refractivity contribution in [2.24, 2.45) is 7.05 Å². The number of anilines is 1. The number of carbonyl (C=O) groups excluding carboxylic acids is 1. The summed E-state index contributed by atoms with van der Waals surface area (Å²) in [5.74, 6) is 1.06. The van der Waals surface area contributed by atoms with Crippen molar-refractivity contribution < 1.29 is 14.3 Å². The largest absolute Gasteiger partial charge is 0.490 e. The van der Waals surface area contributed by atoms with E-state index in [-0.39, 0.29) is 5.91 Å². The predicted octanol–water partition coefficient (Wildman–Crippen LogP) is 2.47. The number of hydrogen-bond acceptors (Lipinski definition) is 4. The van der Waals surface area contributed by atoms with Crippen LogP contribution < -0.4 is 14.8 Å². The molecule has 0 fully saturated rings. The minimum atomic E-state index is -0.221. The van der Waals surface area contributed by atoms with Gasteiger partial charge >= 0.3 is 0 Å². The molecule has 0 aliphatic carbocycles. The minimum absolute atomic E-state index is 0.221. The van der Waals surface area contributed by atoms with Gasteiger partial charge in [-0.05, 0) is 32.0 Å². The van der Waals surface area contributed by atoms with Crippen LogP contribution in [0.4, 0.5) is 5.69 Å². The third kappa shape index (κ3) is 3.53. The quantitative estimate of drug-likeness (QED) is 0.887. The van der Waals surface area contributed by atoms with Gasteiger partial charge in [0.2, 0.25) is 0 Å². The van der Waals surface area contributed by atoms with Crippen molar-refractivity contribution in [2.45, 2.75) is 13.8 Å². The molecule has 0 unspecified atom stereocenters. The van der Waals surface area contributed by atoms with E-state index in [0.29, 0.717) is 36.1 Å². The Bertz CT molecular complexity index is 622. The van der Waals surface area contributed by atoms with E-state index in [1.165, 1.54) is 4.68 Å². The zero-order valence-corrected chi connectivity index (χ0v) is 12.4. The van der Waals surface area contributed by atoms with Gasteiger partial charge in [-0.15, -0.1) is 0 Å². The van der Waals surface area contributed by atoms with Crippen molar-refractivity contribution in [2.75, 3.05) is 18.5 Å². The van der Waals surface area contributed by atoms with E-state index in [1.807, 2.05) is 13.8 Å². The number of rotatable bonds is 6. The molecular weight excluding hydrogens is 270 g/mol. The molecule has 1 amide bonds. The molecule has 1 aromatic heterocycles. The highest BCUT2D eigenvalue weighted by molar-refractivity contribution is 6.03. The maximum Gasteiger partial charge on any atom is 0.273 e. The van der Waals surface area contributed by atoms with Crippen LogP contribution in [-0.2, 0) is 7.05 Å². The number of aryl methyl sites for hydroxylation is 1. The standard InChI is InChI=1S/C15H19N3O3/c1-4-20-13-7-6-11(10-14(13)21-5-2)17-15(19)12-8-9-16-18(12)3/h6-10H,4-5H2,1-3H3,(H,17,19). The average Bonchev–Trinajstić information content (AvgIpc) is 2.88. The number of ether oxygens (including phenoxy) is 2. The van der Waals surface area contributed by atoms with Gasteiger partial charge < -0.3 is 14.8 Å². The molecule has 0 bridgehead atoms. The van der Waals surface area contributed by atoms with Gasteiger partial charge in [-0.2, -0.15) is 5.10 Å². The summed E-state index contributed by atoms with van der Waals surface area (Å²) in [6.07, 6.45) is 1.58. The van der Waals surface area contributed by atoms with Crippen LogP contribution in [0.5, 0.6) is 11.5 Å². The van der Waals surface area contributed by atoms with E-state index >= 15 is 0 Å². The monoisotopic (exact) mass is 289 g/mol. The first-order valence-corrected chi connectivity index (χ1v) is 6.84. The second-order valence-corrected chi connectivity index (χ2v) is 4.32. The number of benzene rings is 1. The number of carbonyl (C=O) groups is 1. The lowest BCUT2D eigenvalue weighted by atomic mass is 10.2. The maximum absolute atomic E-state index is 12.1. The number of amides is 1. The van der Waals surface area contributed by atoms with Gasteiger partial charge in [0.05, 0.1) is 13.2 Å². The molecule has 0 saturated carbocycles. The van der Waals surface area contributed by atoms with Crippen LogP contribution in [0, 0.1) is 0 Å². The normalized spacial score (nSPS) is 10.2. The summed E-state index contributed by atoms with van der Waals surface area (Å²) in [6.45, 7) is 4.89. The molecule has 0 aliphatic heterocycles. The molecule has 1 N–H and O–H groups in total. The van der Waals surface area contributed by atoms with Crippen molar-refractivity contribution in [3.63, 3.8) is 0 Å². The highest BCUT2D eigenvalue weighted by atomic mass is 16.5. The molecule has 0 radical (unpaired) electrons. The summed E-state index contributed by atoms with van der Waals surface area (Å²) in [5.41, 5.74) is 1.13. The van der Waals surface area contributed by atoms with Crippen LogP contribution in [0.15, 0.2) is 30.5 Å². The van der Waals surface area contributed by atoms with Crippen molar-refractivity contribution in [1.82, 2.24) is 9.78 Å². The summed E-state index contributed by atoms with van der Waals surface area (Å²) in [6, 6.07) is 6.98. The summed E-state index contributed by atoms with van der Waals surface area (Å²) in [5, 5.41) is 6.79. The van der Waals surface area contributed by atoms with Crippen LogP contribution in [0.25, 0.3) is 0 Å². The van der Waals surface area contributed by atoms with E-state index in [0.717, 1.165) is 0 Å². The van der Waals surface area contributed by atoms with Crippen LogP contribution in [0.2, 0.25) is 0 Å². The topological polar surface area (TPSA) is 65.4 Å². The van der Waals surface area contributed by atoms with E-state index in [2.05, 4.69) is 10.4 Å². The Morgan fingerprint density at radius 2 is 1.90 bits per heavy atom. The Morgan fingerprint density at radius 1 is 1.19 bits per heavy atom. The smallest absolute Gasteiger partial charge is 0.273 e. The molecule has 6 heteroatoms. The third-order valence-electron chi connectivity index (χ3n) is 2.85. The zero-order chi connectivity index (χ0) is 15.2. The van der Waals surface area contributed by atoms with Gasteiger partial charge in [0.25, 0.3) is 5.91 Å². The van der Waals surface area contributed by atoms with Crippen molar-refractivity contribution in [3.8, 4) is 11.5 Å². The van der Waals surface area contributed by atoms with Crippen LogP contribution in [-0.4, -0.2) is 28.9 Å². The van der Waals surface area contributed by atoms with Crippen molar-refractivity contribution in [3.05, 3.63) is 36.2 Å². The van der Waals surface area contributed by atoms with Crippen LogP contribution >= 0.6 is 0 Å². The van der Waals surface area contributed by atoms with Gasteiger partial charge in [0, 0.05) is 25.0 Å². The summed E-state index contributed by atoms with van der Waals surface area (Å²) in [7, 11) is 1.72. The Balaban J connectivity index is 2.18. The first-order chi connectivity index (χ1) is 10.2. The molecule has 0 saturated heterocycles. The molecule has 0 atom stereocenters. The number of aromatic nitrogens is 2. The highest BCUT2D eigenvalue weighted by Crippen LogP contribution is 2.30. The molecule has 6 nitrogen and oxygen atoms in total. The Labute approximate surface area is 123 Å². The molecule has 0 aliphatic rings. The van der Waals surface area contributed by atoms with Gasteiger partial charge in [-0.25, -0.2) is 0 Å². The first-order valence-electron chi connectivity index (χ1n) is 6.84. The van der Waals surface area contributed by atoms with Crippen molar-refractivity contribution >= 4 is 11.6 Å². The summed E-state index contributed by atoms with van der Waals surface area (Å²) < 4.78 is 12.5. The van der Waals surface area contributed by atoms with Gasteiger partial charge in [-0.1, -0.05) is 0 Å². The van der Waals surface area contributed by atoms with Crippen molar-refractivity contribution in [1.29, 1.82) is 0 Å². The fraction of sp³-hybridized carbons (Fsp3) is 0.333. The molecular formula is C15H19N3O3. The Morgan fingerprint density at radius 3 is 2.52 bits per heavy atom. The molecule has 112 valence electrons. The Kier molecular flexibility index (Phi) is 4.81. The lowest BCUT2D eigenvalue weighted by molar-refractivity contribution is 0.101. The van der Waals surface area contributed by atoms with Crippen LogP contribution in [0.1, 0.15) is 24.3 Å². The minimum Gasteiger partial charge on any atom is -0.490 e. The highest BCUT2D eigenvalue weighted by Gasteiger charge is 2.12. The number of hydrogen-bond donors (Lipinski definition) is 1. The fourth-order valence-electron chi connectivity index (χ4n) is 1.92. The lowest BCUT2D eigenvalue weighted by Gasteiger charge is -2.13. The summed E-state index contributed by atoms with van der Waals surface area (Å²) in [4.78, 5) is 12.1. The number of nitrogens with zero attached hydrogens (tertiary/aromatic N) is 2. The van der Waals surface area contributed by atoms with E-state index < -0.39 is 0 Å². The number of nitrogens with one attached hydrogen (secondary N) is 1. The second kappa shape index (κ2) is 6.78. The first kappa shape index (κ1) is 14.9. The molecule has 0 spiro atoms. The SMILES string of the molecule is CCOc1ccc(NC(=O)c2ccnn2C)cc1OCC. The molecule has 1 heterocycles. The molecule has 2 rings (SSSR count). The lowest BCUT2D eigenvalue weighted by Crippen LogP contribution is -2.16. The van der Waals surface area contributed by atoms with E-state index in [1.54, 1.807) is 37.5 Å². The molecule has 2 aromatic rings. The van der Waals surface area contributed by atoms with Gasteiger partial charge in [0.1, 0.15) is 5.69 Å². The van der Waals surface area contributed by atoms with Gasteiger partial charge in [-0.3, -0.25) is 9.48 Å². The Hall–Kier alpha value is -2.50. The predicted molar refractivity (Wildman–Crippen MR) is 79.9 cm³/mol. The van der Waals surface area contributed by atoms with Gasteiger partial charge in [0.15, 0.2) is 11.5 Å². The summed E-state index contributed by atoms with van der Waals surface area (Å²) >= 11 is 0.